The van der Waals surface area contributed by atoms with E-state index in [1.165, 1.54) is 0 Å². The summed E-state index contributed by atoms with van der Waals surface area (Å²) in [6.07, 6.45) is 0. The van der Waals surface area contributed by atoms with E-state index in [0.717, 1.165) is 4.47 Å². The molecule has 0 aliphatic heterocycles. The summed E-state index contributed by atoms with van der Waals surface area (Å²) in [5.41, 5.74) is 0.587. The van der Waals surface area contributed by atoms with Crippen LogP contribution in [0.3, 0.4) is 0 Å². The Hall–Kier alpha value is -1.05. The summed E-state index contributed by atoms with van der Waals surface area (Å²) in [4.78, 5) is 11.8. The number of benzene rings is 1. The first kappa shape index (κ1) is 14.0. The number of carbonyl (C=O) groups is 1. The highest BCUT2D eigenvalue weighted by Gasteiger charge is 2.21. The predicted octanol–water partition coefficient (Wildman–Crippen LogP) is 3.84. The first-order valence-corrected chi connectivity index (χ1v) is 6.28. The Morgan fingerprint density at radius 1 is 1.53 bits per heavy atom. The predicted molar refractivity (Wildman–Crippen MR) is 71.7 cm³/mol. The molecule has 1 rings (SSSR count). The molecule has 0 aromatic heterocycles. The molecular weight excluding hydrogens is 304 g/mol. The molecule has 1 aromatic rings. The van der Waals surface area contributed by atoms with Crippen molar-refractivity contribution >= 4 is 39.1 Å². The second-order valence-corrected chi connectivity index (χ2v) is 5.23. The lowest BCUT2D eigenvalue weighted by atomic mass is 9.96. The fourth-order valence-corrected chi connectivity index (χ4v) is 1.73. The molecule has 0 fully saturated rings. The van der Waals surface area contributed by atoms with Crippen molar-refractivity contribution in [3.05, 3.63) is 27.7 Å². The maximum absolute atomic E-state index is 11.8. The topological polar surface area (TPSA) is 52.9 Å². The molecular formula is C12H12BrClN2O. The van der Waals surface area contributed by atoms with Crippen LogP contribution in [0.5, 0.6) is 0 Å². The monoisotopic (exact) mass is 314 g/mol. The van der Waals surface area contributed by atoms with Crippen molar-refractivity contribution in [1.82, 2.24) is 0 Å². The second-order valence-electron chi connectivity index (χ2n) is 3.97. The average Bonchev–Trinajstić information content (AvgIpc) is 2.24. The number of nitriles is 1. The van der Waals surface area contributed by atoms with Crippen LogP contribution in [0.2, 0.25) is 5.02 Å². The number of anilines is 1. The molecule has 1 aromatic carbocycles. The molecule has 0 spiro atoms. The summed E-state index contributed by atoms with van der Waals surface area (Å²) in [6, 6.07) is 7.10. The van der Waals surface area contributed by atoms with Gasteiger partial charge in [-0.15, -0.1) is 0 Å². The van der Waals surface area contributed by atoms with Gasteiger partial charge in [0.25, 0.3) is 0 Å². The average molecular weight is 316 g/mol. The summed E-state index contributed by atoms with van der Waals surface area (Å²) in [5, 5.41) is 12.1. The van der Waals surface area contributed by atoms with Gasteiger partial charge >= 0.3 is 0 Å². The SMILES string of the molecule is CC(C)C(C#N)C(=O)Nc1ccc(Br)c(Cl)c1. The van der Waals surface area contributed by atoms with Crippen LogP contribution in [0.1, 0.15) is 13.8 Å². The number of hydrogen-bond donors (Lipinski definition) is 1. The molecule has 0 heterocycles. The number of rotatable bonds is 3. The minimum atomic E-state index is -0.655. The van der Waals surface area contributed by atoms with Crippen molar-refractivity contribution in [1.29, 1.82) is 5.26 Å². The Bertz CT molecular complexity index is 468. The molecule has 0 saturated carbocycles. The van der Waals surface area contributed by atoms with E-state index >= 15 is 0 Å². The van der Waals surface area contributed by atoms with Crippen molar-refractivity contribution in [3.63, 3.8) is 0 Å². The number of carbonyl (C=O) groups excluding carboxylic acids is 1. The number of hydrogen-bond acceptors (Lipinski definition) is 2. The van der Waals surface area contributed by atoms with Crippen LogP contribution < -0.4 is 5.32 Å². The standard InChI is InChI=1S/C12H12BrClN2O/c1-7(2)9(6-15)12(17)16-8-3-4-10(13)11(14)5-8/h3-5,7,9H,1-2H3,(H,16,17). The second kappa shape index (κ2) is 6.04. The van der Waals surface area contributed by atoms with E-state index in [2.05, 4.69) is 21.2 Å². The molecule has 0 saturated heterocycles. The third-order valence-corrected chi connectivity index (χ3v) is 3.51. The summed E-state index contributed by atoms with van der Waals surface area (Å²) in [7, 11) is 0. The Morgan fingerprint density at radius 3 is 2.65 bits per heavy atom. The van der Waals surface area contributed by atoms with E-state index in [0.29, 0.717) is 10.7 Å². The van der Waals surface area contributed by atoms with Gasteiger partial charge in [-0.25, -0.2) is 0 Å². The van der Waals surface area contributed by atoms with Gasteiger partial charge in [-0.1, -0.05) is 25.4 Å². The number of amides is 1. The zero-order valence-electron chi connectivity index (χ0n) is 9.50. The first-order valence-electron chi connectivity index (χ1n) is 5.11. The van der Waals surface area contributed by atoms with Crippen LogP contribution >= 0.6 is 27.5 Å². The fourth-order valence-electron chi connectivity index (χ4n) is 1.30. The van der Waals surface area contributed by atoms with E-state index in [4.69, 9.17) is 16.9 Å². The zero-order valence-corrected chi connectivity index (χ0v) is 11.8. The largest absolute Gasteiger partial charge is 0.325 e. The maximum atomic E-state index is 11.8. The van der Waals surface area contributed by atoms with Crippen molar-refractivity contribution in [3.8, 4) is 6.07 Å². The van der Waals surface area contributed by atoms with Crippen molar-refractivity contribution in [2.45, 2.75) is 13.8 Å². The van der Waals surface area contributed by atoms with Crippen molar-refractivity contribution < 1.29 is 4.79 Å². The molecule has 0 aliphatic carbocycles. The Labute approximate surface area is 114 Å². The van der Waals surface area contributed by atoms with Crippen LogP contribution in [-0.2, 0) is 4.79 Å². The number of nitrogens with one attached hydrogen (secondary N) is 1. The maximum Gasteiger partial charge on any atom is 0.241 e. The van der Waals surface area contributed by atoms with Gasteiger partial charge in [0.2, 0.25) is 5.91 Å². The highest BCUT2D eigenvalue weighted by molar-refractivity contribution is 9.10. The molecule has 0 radical (unpaired) electrons. The van der Waals surface area contributed by atoms with Crippen LogP contribution in [-0.4, -0.2) is 5.91 Å². The highest BCUT2D eigenvalue weighted by atomic mass is 79.9. The minimum absolute atomic E-state index is 0.0223. The lowest BCUT2D eigenvalue weighted by molar-refractivity contribution is -0.119. The van der Waals surface area contributed by atoms with Gasteiger partial charge in [-0.05, 0) is 40.0 Å². The van der Waals surface area contributed by atoms with Gasteiger partial charge in [-0.2, -0.15) is 5.26 Å². The molecule has 1 unspecified atom stereocenters. The van der Waals surface area contributed by atoms with Gasteiger partial charge in [0.15, 0.2) is 0 Å². The lowest BCUT2D eigenvalue weighted by Crippen LogP contribution is -2.25. The summed E-state index contributed by atoms with van der Waals surface area (Å²) >= 11 is 9.17. The molecule has 1 amide bonds. The van der Waals surface area contributed by atoms with Crippen LogP contribution in [0, 0.1) is 23.2 Å². The Kier molecular flexibility index (Phi) is 4.98. The van der Waals surface area contributed by atoms with Gasteiger partial charge in [0, 0.05) is 10.2 Å². The van der Waals surface area contributed by atoms with E-state index in [1.807, 2.05) is 19.9 Å². The lowest BCUT2D eigenvalue weighted by Gasteiger charge is -2.13. The minimum Gasteiger partial charge on any atom is -0.325 e. The van der Waals surface area contributed by atoms with E-state index in [-0.39, 0.29) is 11.8 Å². The van der Waals surface area contributed by atoms with E-state index < -0.39 is 5.92 Å². The van der Waals surface area contributed by atoms with Gasteiger partial charge in [0.1, 0.15) is 5.92 Å². The molecule has 5 heteroatoms. The molecule has 1 atom stereocenters. The molecule has 1 N–H and O–H groups in total. The third-order valence-electron chi connectivity index (χ3n) is 2.28. The smallest absolute Gasteiger partial charge is 0.241 e. The molecule has 3 nitrogen and oxygen atoms in total. The Morgan fingerprint density at radius 2 is 2.18 bits per heavy atom. The van der Waals surface area contributed by atoms with Gasteiger partial charge in [-0.3, -0.25) is 4.79 Å². The Balaban J connectivity index is 2.81. The quantitative estimate of drug-likeness (QED) is 0.921. The molecule has 0 bridgehead atoms. The summed E-state index contributed by atoms with van der Waals surface area (Å²) in [6.45, 7) is 3.67. The number of nitrogens with zero attached hydrogens (tertiary/aromatic N) is 1. The highest BCUT2D eigenvalue weighted by Crippen LogP contribution is 2.26. The fraction of sp³-hybridized carbons (Fsp3) is 0.333. The third kappa shape index (κ3) is 3.72. The molecule has 17 heavy (non-hydrogen) atoms. The van der Waals surface area contributed by atoms with Crippen LogP contribution in [0.15, 0.2) is 22.7 Å². The van der Waals surface area contributed by atoms with Crippen molar-refractivity contribution in [2.24, 2.45) is 11.8 Å². The molecule has 0 aliphatic rings. The summed E-state index contributed by atoms with van der Waals surface area (Å²) < 4.78 is 0.762. The number of halogens is 2. The van der Waals surface area contributed by atoms with Crippen LogP contribution in [0.4, 0.5) is 5.69 Å². The van der Waals surface area contributed by atoms with Gasteiger partial charge in [0.05, 0.1) is 11.1 Å². The van der Waals surface area contributed by atoms with Gasteiger partial charge < -0.3 is 5.32 Å². The van der Waals surface area contributed by atoms with Crippen molar-refractivity contribution in [2.75, 3.05) is 5.32 Å². The van der Waals surface area contributed by atoms with Crippen LogP contribution in [0.25, 0.3) is 0 Å². The summed E-state index contributed by atoms with van der Waals surface area (Å²) in [5.74, 6) is -0.982. The molecule has 90 valence electrons. The first-order chi connectivity index (χ1) is 7.95. The normalized spacial score (nSPS) is 12.0. The van der Waals surface area contributed by atoms with E-state index in [1.54, 1.807) is 18.2 Å². The van der Waals surface area contributed by atoms with E-state index in [9.17, 15) is 4.79 Å². The zero-order chi connectivity index (χ0) is 13.0.